The number of amidine groups is 1. The van der Waals surface area contributed by atoms with Crippen molar-refractivity contribution in [3.63, 3.8) is 0 Å². The van der Waals surface area contributed by atoms with Gasteiger partial charge in [-0.3, -0.25) is 0 Å². The predicted octanol–water partition coefficient (Wildman–Crippen LogP) is 3.12. The molecule has 0 heterocycles. The molecule has 0 bridgehead atoms. The molecule has 6 heteroatoms. The first kappa shape index (κ1) is 16.2. The molecule has 3 N–H and O–H groups in total. The summed E-state index contributed by atoms with van der Waals surface area (Å²) in [4.78, 5) is 2.19. The van der Waals surface area contributed by atoms with Crippen molar-refractivity contribution in [3.05, 3.63) is 28.2 Å². The molecule has 1 rings (SSSR count). The van der Waals surface area contributed by atoms with Gasteiger partial charge < -0.3 is 15.8 Å². The molecule has 0 aromatic heterocycles. The van der Waals surface area contributed by atoms with Gasteiger partial charge in [-0.15, -0.1) is 0 Å². The van der Waals surface area contributed by atoms with Gasteiger partial charge in [0.1, 0.15) is 0 Å². The van der Waals surface area contributed by atoms with Crippen molar-refractivity contribution in [1.29, 1.82) is 0 Å². The number of nitrogens with zero attached hydrogens (tertiary/aromatic N) is 2. The van der Waals surface area contributed by atoms with Crippen molar-refractivity contribution in [2.45, 2.75) is 19.4 Å². The first-order valence-corrected chi connectivity index (χ1v) is 8.23. The number of anilines is 1. The van der Waals surface area contributed by atoms with Crippen molar-refractivity contribution in [2.24, 2.45) is 10.9 Å². The fraction of sp³-hybridized carbons (Fsp3) is 0.462. The summed E-state index contributed by atoms with van der Waals surface area (Å²) in [7, 11) is 2.04. The Bertz CT molecular complexity index is 454. The van der Waals surface area contributed by atoms with E-state index in [9.17, 15) is 0 Å². The quantitative estimate of drug-likeness (QED) is 0.360. The summed E-state index contributed by atoms with van der Waals surface area (Å²) >= 11 is 5.28. The van der Waals surface area contributed by atoms with E-state index in [2.05, 4.69) is 39.2 Å². The number of benzene rings is 1. The zero-order valence-electron chi connectivity index (χ0n) is 11.4. The Labute approximate surface area is 127 Å². The minimum atomic E-state index is 0.119. The van der Waals surface area contributed by atoms with E-state index in [1.807, 2.05) is 37.0 Å². The Morgan fingerprint density at radius 2 is 2.26 bits per heavy atom. The summed E-state index contributed by atoms with van der Waals surface area (Å²) in [6, 6.07) is 6.24. The highest BCUT2D eigenvalue weighted by atomic mass is 79.9. The second-order valence-electron chi connectivity index (χ2n) is 4.25. The topological polar surface area (TPSA) is 61.8 Å². The van der Waals surface area contributed by atoms with E-state index in [0.29, 0.717) is 6.04 Å². The highest BCUT2D eigenvalue weighted by Gasteiger charge is 2.19. The third-order valence-electron chi connectivity index (χ3n) is 3.11. The number of hydrogen-bond donors (Lipinski definition) is 2. The maximum atomic E-state index is 8.94. The Morgan fingerprint density at radius 1 is 1.58 bits per heavy atom. The SMILES string of the molecule is CCC(CSC)N(C)c1cccc(Br)c1/C(N)=N/O. The van der Waals surface area contributed by atoms with Gasteiger partial charge in [0.15, 0.2) is 5.84 Å². The number of hydrogen-bond acceptors (Lipinski definition) is 4. The molecule has 0 spiro atoms. The van der Waals surface area contributed by atoms with Crippen LogP contribution in [0.1, 0.15) is 18.9 Å². The van der Waals surface area contributed by atoms with Gasteiger partial charge in [-0.2, -0.15) is 11.8 Å². The first-order chi connectivity index (χ1) is 9.06. The molecule has 1 atom stereocenters. The van der Waals surface area contributed by atoms with Crippen LogP contribution in [0.2, 0.25) is 0 Å². The monoisotopic (exact) mass is 345 g/mol. The van der Waals surface area contributed by atoms with Crippen molar-refractivity contribution in [2.75, 3.05) is 24.0 Å². The molecule has 0 aliphatic rings. The Morgan fingerprint density at radius 3 is 2.79 bits per heavy atom. The van der Waals surface area contributed by atoms with Crippen molar-refractivity contribution < 1.29 is 5.21 Å². The van der Waals surface area contributed by atoms with Crippen LogP contribution in [-0.2, 0) is 0 Å². The predicted molar refractivity (Wildman–Crippen MR) is 87.5 cm³/mol. The molecule has 1 unspecified atom stereocenters. The van der Waals surface area contributed by atoms with Crippen LogP contribution in [0.15, 0.2) is 27.8 Å². The summed E-state index contributed by atoms with van der Waals surface area (Å²) < 4.78 is 0.825. The van der Waals surface area contributed by atoms with E-state index >= 15 is 0 Å². The lowest BCUT2D eigenvalue weighted by Crippen LogP contribution is -2.35. The second-order valence-corrected chi connectivity index (χ2v) is 6.01. The Hall–Kier alpha value is -0.880. The van der Waals surface area contributed by atoms with Gasteiger partial charge in [0.05, 0.1) is 5.56 Å². The average Bonchev–Trinajstić information content (AvgIpc) is 2.42. The average molecular weight is 346 g/mol. The lowest BCUT2D eigenvalue weighted by Gasteiger charge is -2.30. The van der Waals surface area contributed by atoms with Crippen molar-refractivity contribution in [3.8, 4) is 0 Å². The van der Waals surface area contributed by atoms with Gasteiger partial charge >= 0.3 is 0 Å². The molecular weight excluding hydrogens is 326 g/mol. The minimum Gasteiger partial charge on any atom is -0.409 e. The fourth-order valence-electron chi connectivity index (χ4n) is 2.00. The molecule has 19 heavy (non-hydrogen) atoms. The molecule has 0 amide bonds. The molecule has 0 saturated heterocycles. The molecule has 0 saturated carbocycles. The van der Waals surface area contributed by atoms with E-state index < -0.39 is 0 Å². The maximum absolute atomic E-state index is 8.94. The van der Waals surface area contributed by atoms with Crippen LogP contribution in [0.3, 0.4) is 0 Å². The summed E-state index contributed by atoms with van der Waals surface area (Å²) in [5.74, 6) is 1.16. The number of thioether (sulfide) groups is 1. The van der Waals surface area contributed by atoms with E-state index in [1.165, 1.54) is 0 Å². The maximum Gasteiger partial charge on any atom is 0.173 e. The molecule has 1 aromatic rings. The van der Waals surface area contributed by atoms with Gasteiger partial charge in [-0.25, -0.2) is 0 Å². The zero-order chi connectivity index (χ0) is 14.4. The highest BCUT2D eigenvalue weighted by Crippen LogP contribution is 2.29. The Balaban J connectivity index is 3.22. The first-order valence-electron chi connectivity index (χ1n) is 6.04. The molecule has 1 aromatic carbocycles. The van der Waals surface area contributed by atoms with E-state index in [-0.39, 0.29) is 5.84 Å². The molecule has 0 aliphatic carbocycles. The highest BCUT2D eigenvalue weighted by molar-refractivity contribution is 9.10. The largest absolute Gasteiger partial charge is 0.409 e. The van der Waals surface area contributed by atoms with Gasteiger partial charge in [-0.1, -0.05) is 18.1 Å². The normalized spacial score (nSPS) is 13.4. The van der Waals surface area contributed by atoms with E-state index in [0.717, 1.165) is 27.9 Å². The summed E-state index contributed by atoms with van der Waals surface area (Å²) in [6.45, 7) is 2.17. The smallest absolute Gasteiger partial charge is 0.173 e. The molecule has 106 valence electrons. The van der Waals surface area contributed by atoms with E-state index in [4.69, 9.17) is 10.9 Å². The van der Waals surface area contributed by atoms with Crippen molar-refractivity contribution >= 4 is 39.2 Å². The van der Waals surface area contributed by atoms with Crippen LogP contribution in [0.4, 0.5) is 5.69 Å². The van der Waals surface area contributed by atoms with Gasteiger partial charge in [0.25, 0.3) is 0 Å². The molecule has 0 aliphatic heterocycles. The summed E-state index contributed by atoms with van der Waals surface area (Å²) in [6.07, 6.45) is 3.14. The van der Waals surface area contributed by atoms with Gasteiger partial charge in [0, 0.05) is 29.0 Å². The lowest BCUT2D eigenvalue weighted by molar-refractivity contribution is 0.318. The molecule has 0 radical (unpaired) electrons. The van der Waals surface area contributed by atoms with Crippen LogP contribution < -0.4 is 10.6 Å². The number of halogens is 1. The lowest BCUT2D eigenvalue weighted by atomic mass is 10.1. The number of rotatable bonds is 6. The third kappa shape index (κ3) is 3.79. The minimum absolute atomic E-state index is 0.119. The molecule has 0 fully saturated rings. The van der Waals surface area contributed by atoms with Gasteiger partial charge in [0.2, 0.25) is 0 Å². The van der Waals surface area contributed by atoms with Gasteiger partial charge in [-0.05, 0) is 40.7 Å². The van der Waals surface area contributed by atoms with Crippen LogP contribution >= 0.6 is 27.7 Å². The van der Waals surface area contributed by atoms with Crippen LogP contribution in [0, 0.1) is 0 Å². The fourth-order valence-corrected chi connectivity index (χ4v) is 3.41. The van der Waals surface area contributed by atoms with Crippen LogP contribution in [0.5, 0.6) is 0 Å². The Kier molecular flexibility index (Phi) is 6.51. The van der Waals surface area contributed by atoms with Crippen LogP contribution in [-0.4, -0.2) is 36.1 Å². The van der Waals surface area contributed by atoms with Crippen LogP contribution in [0.25, 0.3) is 0 Å². The van der Waals surface area contributed by atoms with E-state index in [1.54, 1.807) is 0 Å². The number of nitrogens with two attached hydrogens (primary N) is 1. The zero-order valence-corrected chi connectivity index (χ0v) is 13.8. The third-order valence-corrected chi connectivity index (χ3v) is 4.49. The molecule has 4 nitrogen and oxygen atoms in total. The number of oxime groups is 1. The standard InChI is InChI=1S/C13H20BrN3OS/c1-4-9(8-19-3)17(2)11-7-5-6-10(14)12(11)13(15)16-18/h5-7,9,18H,4,8H2,1-3H3,(H2,15,16). The summed E-state index contributed by atoms with van der Waals surface area (Å²) in [5, 5.41) is 12.1. The second kappa shape index (κ2) is 7.65. The molecular formula is C13H20BrN3OS. The summed E-state index contributed by atoms with van der Waals surface area (Å²) in [5.41, 5.74) is 7.48. The van der Waals surface area contributed by atoms with Crippen molar-refractivity contribution in [1.82, 2.24) is 0 Å².